The number of likely N-dealkylation sites (N-methyl/N-ethyl adjacent to an activating group) is 2. The van der Waals surface area contributed by atoms with E-state index in [1.165, 1.54) is 7.05 Å². The number of nitrogens with one attached hydrogen (secondary N) is 1. The van der Waals surface area contributed by atoms with E-state index in [4.69, 9.17) is 18.0 Å². The number of amides is 1. The molecule has 3 N–H and O–H groups in total. The lowest BCUT2D eigenvalue weighted by molar-refractivity contribution is -0.120. The molecular weight excluding hydrogens is 310 g/mol. The molecule has 0 unspecified atom stereocenters. The molecule has 0 aromatic heterocycles. The summed E-state index contributed by atoms with van der Waals surface area (Å²) in [5.41, 5.74) is 6.79. The van der Waals surface area contributed by atoms with E-state index in [0.29, 0.717) is 11.1 Å². The molecule has 8 heteroatoms. The molecule has 0 bridgehead atoms. The van der Waals surface area contributed by atoms with Crippen LogP contribution in [0.25, 0.3) is 0 Å². The average Bonchev–Trinajstić information content (AvgIpc) is 2.44. The first kappa shape index (κ1) is 17.5. The highest BCUT2D eigenvalue weighted by atomic mass is 32.2. The molecule has 0 atom stereocenters. The van der Waals surface area contributed by atoms with E-state index in [2.05, 4.69) is 5.32 Å². The number of rotatable bonds is 7. The second kappa shape index (κ2) is 7.48. The lowest BCUT2D eigenvalue weighted by atomic mass is 10.1. The van der Waals surface area contributed by atoms with Gasteiger partial charge in [-0.3, -0.25) is 4.79 Å². The summed E-state index contributed by atoms with van der Waals surface area (Å²) < 4.78 is 25.7. The van der Waals surface area contributed by atoms with Crippen molar-refractivity contribution in [1.82, 2.24) is 9.62 Å². The van der Waals surface area contributed by atoms with Crippen molar-refractivity contribution in [2.24, 2.45) is 5.73 Å². The predicted molar refractivity (Wildman–Crippen MR) is 86.3 cm³/mol. The van der Waals surface area contributed by atoms with Crippen molar-refractivity contribution in [3.63, 3.8) is 0 Å². The molecule has 116 valence electrons. The molecular formula is C13H19N3O3S2. The molecule has 0 saturated heterocycles. The molecule has 21 heavy (non-hydrogen) atoms. The number of benzene rings is 1. The van der Waals surface area contributed by atoms with Crippen molar-refractivity contribution in [3.8, 4) is 0 Å². The van der Waals surface area contributed by atoms with Gasteiger partial charge in [-0.2, -0.15) is 4.31 Å². The molecule has 0 spiro atoms. The van der Waals surface area contributed by atoms with Gasteiger partial charge >= 0.3 is 0 Å². The van der Waals surface area contributed by atoms with Crippen LogP contribution in [0.15, 0.2) is 24.3 Å². The van der Waals surface area contributed by atoms with Gasteiger partial charge < -0.3 is 11.1 Å². The maximum atomic E-state index is 12.3. The average molecular weight is 329 g/mol. The van der Waals surface area contributed by atoms with Gasteiger partial charge in [0, 0.05) is 19.2 Å². The van der Waals surface area contributed by atoms with Gasteiger partial charge in [0.2, 0.25) is 15.9 Å². The molecule has 1 rings (SSSR count). The predicted octanol–water partition coefficient (Wildman–Crippen LogP) is 0.219. The Kier molecular flexibility index (Phi) is 6.25. The fraction of sp³-hybridized carbons (Fsp3) is 0.385. The summed E-state index contributed by atoms with van der Waals surface area (Å²) in [5, 5.41) is 2.41. The van der Waals surface area contributed by atoms with Crippen LogP contribution in [0.1, 0.15) is 18.1 Å². The molecule has 1 aromatic rings. The zero-order valence-electron chi connectivity index (χ0n) is 12.0. The van der Waals surface area contributed by atoms with Gasteiger partial charge in [0.25, 0.3) is 0 Å². The summed E-state index contributed by atoms with van der Waals surface area (Å²) in [6.45, 7) is 1.75. The first-order valence-corrected chi connectivity index (χ1v) is 8.39. The van der Waals surface area contributed by atoms with E-state index in [1.807, 2.05) is 0 Å². The molecule has 0 aliphatic rings. The number of carbonyl (C=O) groups is 1. The smallest absolute Gasteiger partial charge is 0.235 e. The molecule has 0 saturated carbocycles. The van der Waals surface area contributed by atoms with Crippen molar-refractivity contribution in [1.29, 1.82) is 0 Å². The maximum Gasteiger partial charge on any atom is 0.235 e. The minimum atomic E-state index is -3.56. The third kappa shape index (κ3) is 5.07. The van der Waals surface area contributed by atoms with Crippen molar-refractivity contribution in [3.05, 3.63) is 35.4 Å². The lowest BCUT2D eigenvalue weighted by Gasteiger charge is -2.19. The van der Waals surface area contributed by atoms with Gasteiger partial charge in [-0.1, -0.05) is 43.4 Å². The first-order valence-electron chi connectivity index (χ1n) is 6.37. The van der Waals surface area contributed by atoms with Crippen LogP contribution < -0.4 is 11.1 Å². The van der Waals surface area contributed by atoms with Crippen LogP contribution in [0.5, 0.6) is 0 Å². The monoisotopic (exact) mass is 329 g/mol. The molecule has 0 fully saturated rings. The Morgan fingerprint density at radius 1 is 1.33 bits per heavy atom. The maximum absolute atomic E-state index is 12.3. The molecule has 6 nitrogen and oxygen atoms in total. The highest BCUT2D eigenvalue weighted by Gasteiger charge is 2.23. The van der Waals surface area contributed by atoms with Crippen LogP contribution in [-0.4, -0.2) is 43.8 Å². The molecule has 0 radical (unpaired) electrons. The number of carbonyl (C=O) groups excluding carboxylic acids is 1. The number of hydrogen-bond donors (Lipinski definition) is 2. The van der Waals surface area contributed by atoms with Crippen molar-refractivity contribution in [2.75, 3.05) is 20.1 Å². The summed E-state index contributed by atoms with van der Waals surface area (Å²) >= 11 is 4.84. The standard InChI is InChI=1S/C13H19N3O3S2/c1-3-16(8-12(17)15-2)21(18,19)9-10-4-6-11(7-5-10)13(14)20/h4-7H,3,8-9H2,1-2H3,(H2,14,20)(H,15,17). The van der Waals surface area contributed by atoms with Gasteiger partial charge in [0.05, 0.1) is 12.3 Å². The van der Waals surface area contributed by atoms with E-state index < -0.39 is 10.0 Å². The number of nitrogens with two attached hydrogens (primary N) is 1. The third-order valence-corrected chi connectivity index (χ3v) is 5.04. The van der Waals surface area contributed by atoms with Crippen molar-refractivity contribution < 1.29 is 13.2 Å². The van der Waals surface area contributed by atoms with Gasteiger partial charge in [0.15, 0.2) is 0 Å². The molecule has 0 aliphatic carbocycles. The van der Waals surface area contributed by atoms with Crippen molar-refractivity contribution in [2.45, 2.75) is 12.7 Å². The van der Waals surface area contributed by atoms with Gasteiger partial charge in [-0.15, -0.1) is 0 Å². The summed E-state index contributed by atoms with van der Waals surface area (Å²) in [7, 11) is -2.09. The highest BCUT2D eigenvalue weighted by Crippen LogP contribution is 2.12. The van der Waals surface area contributed by atoms with Crippen LogP contribution in [0.4, 0.5) is 0 Å². The SMILES string of the molecule is CCN(CC(=O)NC)S(=O)(=O)Cc1ccc(C(N)=S)cc1. The highest BCUT2D eigenvalue weighted by molar-refractivity contribution is 7.88. The zero-order valence-corrected chi connectivity index (χ0v) is 13.6. The largest absolute Gasteiger partial charge is 0.389 e. The Bertz CT molecular complexity index is 612. The number of nitrogens with zero attached hydrogens (tertiary/aromatic N) is 1. The van der Waals surface area contributed by atoms with Gasteiger partial charge in [-0.05, 0) is 5.56 Å². The Balaban J connectivity index is 2.87. The van der Waals surface area contributed by atoms with Gasteiger partial charge in [0.1, 0.15) is 4.99 Å². The van der Waals surface area contributed by atoms with Crippen molar-refractivity contribution >= 4 is 33.1 Å². The Morgan fingerprint density at radius 3 is 2.33 bits per heavy atom. The van der Waals surface area contributed by atoms with E-state index in [0.717, 1.165) is 4.31 Å². The van der Waals surface area contributed by atoms with E-state index >= 15 is 0 Å². The number of hydrogen-bond acceptors (Lipinski definition) is 4. The fourth-order valence-electron chi connectivity index (χ4n) is 1.71. The summed E-state index contributed by atoms with van der Waals surface area (Å²) in [6.07, 6.45) is 0. The van der Waals surface area contributed by atoms with Crippen LogP contribution in [0, 0.1) is 0 Å². The summed E-state index contributed by atoms with van der Waals surface area (Å²) in [4.78, 5) is 11.6. The van der Waals surface area contributed by atoms with Crippen LogP contribution in [0.3, 0.4) is 0 Å². The second-order valence-electron chi connectivity index (χ2n) is 4.42. The quantitative estimate of drug-likeness (QED) is 0.698. The topological polar surface area (TPSA) is 92.5 Å². The Morgan fingerprint density at radius 2 is 1.90 bits per heavy atom. The summed E-state index contributed by atoms with van der Waals surface area (Å²) in [6, 6.07) is 6.70. The van der Waals surface area contributed by atoms with E-state index in [1.54, 1.807) is 31.2 Å². The number of sulfonamides is 1. The zero-order chi connectivity index (χ0) is 16.0. The third-order valence-electron chi connectivity index (χ3n) is 2.93. The molecule has 1 amide bonds. The van der Waals surface area contributed by atoms with Gasteiger partial charge in [-0.25, -0.2) is 8.42 Å². The fourth-order valence-corrected chi connectivity index (χ4v) is 3.35. The van der Waals surface area contributed by atoms with E-state index in [9.17, 15) is 13.2 Å². The van der Waals surface area contributed by atoms with Crippen LogP contribution in [0.2, 0.25) is 0 Å². The lowest BCUT2D eigenvalue weighted by Crippen LogP contribution is -2.40. The first-order chi connectivity index (χ1) is 9.80. The molecule has 0 heterocycles. The Labute approximate surface area is 130 Å². The molecule has 1 aromatic carbocycles. The second-order valence-corrected chi connectivity index (χ2v) is 6.83. The summed E-state index contributed by atoms with van der Waals surface area (Å²) in [5.74, 6) is -0.514. The number of thiocarbonyl (C=S) groups is 1. The van der Waals surface area contributed by atoms with Crippen LogP contribution in [-0.2, 0) is 20.6 Å². The minimum Gasteiger partial charge on any atom is -0.389 e. The van der Waals surface area contributed by atoms with Crippen LogP contribution >= 0.6 is 12.2 Å². The normalized spacial score (nSPS) is 11.4. The minimum absolute atomic E-state index is 0.171. The molecule has 0 aliphatic heterocycles. The Hall–Kier alpha value is -1.51. The van der Waals surface area contributed by atoms with E-state index in [-0.39, 0.29) is 29.7 Å².